The van der Waals surface area contributed by atoms with Gasteiger partial charge in [0.2, 0.25) is 0 Å². The Hall–Kier alpha value is -1.09. The van der Waals surface area contributed by atoms with Gasteiger partial charge in [-0.2, -0.15) is 0 Å². The standard InChI is InChI=1S/C11H16N2O/c1-9-3-4-10(2)12-11(9)13-5-7-14-8-6-13/h3-4H,5-8H2,1-2H3. The Kier molecular flexibility index (Phi) is 2.68. The van der Waals surface area contributed by atoms with Gasteiger partial charge in [0.25, 0.3) is 0 Å². The summed E-state index contributed by atoms with van der Waals surface area (Å²) in [6.07, 6.45) is 0. The van der Waals surface area contributed by atoms with Gasteiger partial charge in [-0.25, -0.2) is 4.98 Å². The first kappa shape index (κ1) is 9.46. The van der Waals surface area contributed by atoms with Crippen LogP contribution in [-0.4, -0.2) is 31.3 Å². The lowest BCUT2D eigenvalue weighted by Crippen LogP contribution is -2.37. The highest BCUT2D eigenvalue weighted by Gasteiger charge is 2.14. The normalized spacial score (nSPS) is 17.1. The van der Waals surface area contributed by atoms with Crippen LogP contribution in [0.15, 0.2) is 12.1 Å². The molecule has 2 heterocycles. The Labute approximate surface area is 84.7 Å². The van der Waals surface area contributed by atoms with Crippen LogP contribution in [0.4, 0.5) is 5.82 Å². The van der Waals surface area contributed by atoms with Gasteiger partial charge in [0.15, 0.2) is 0 Å². The van der Waals surface area contributed by atoms with Crippen molar-refractivity contribution in [3.05, 3.63) is 23.4 Å². The second kappa shape index (κ2) is 3.96. The SMILES string of the molecule is Cc1ccc(C)c(N2CCOCC2)n1. The van der Waals surface area contributed by atoms with Crippen LogP contribution < -0.4 is 4.90 Å². The molecule has 1 aliphatic heterocycles. The van der Waals surface area contributed by atoms with Gasteiger partial charge in [-0.15, -0.1) is 0 Å². The molecule has 0 N–H and O–H groups in total. The third-order valence-electron chi connectivity index (χ3n) is 2.52. The van der Waals surface area contributed by atoms with Gasteiger partial charge in [0.1, 0.15) is 5.82 Å². The van der Waals surface area contributed by atoms with E-state index in [1.807, 2.05) is 6.92 Å². The molecular formula is C11H16N2O. The first-order valence-corrected chi connectivity index (χ1v) is 5.04. The summed E-state index contributed by atoms with van der Waals surface area (Å²) in [6.45, 7) is 7.68. The number of hydrogen-bond acceptors (Lipinski definition) is 3. The average Bonchev–Trinajstić information content (AvgIpc) is 2.23. The lowest BCUT2D eigenvalue weighted by Gasteiger charge is -2.29. The highest BCUT2D eigenvalue weighted by molar-refractivity contribution is 5.47. The second-order valence-corrected chi connectivity index (χ2v) is 3.69. The quantitative estimate of drug-likeness (QED) is 0.674. The molecule has 0 atom stereocenters. The number of pyridine rings is 1. The van der Waals surface area contributed by atoms with Crippen LogP contribution in [0.2, 0.25) is 0 Å². The third-order valence-corrected chi connectivity index (χ3v) is 2.52. The van der Waals surface area contributed by atoms with Crippen LogP contribution in [0.25, 0.3) is 0 Å². The lowest BCUT2D eigenvalue weighted by molar-refractivity contribution is 0.122. The summed E-state index contributed by atoms with van der Waals surface area (Å²) in [5, 5.41) is 0. The molecule has 0 aliphatic carbocycles. The Morgan fingerprint density at radius 1 is 1.21 bits per heavy atom. The molecular weight excluding hydrogens is 176 g/mol. The Balaban J connectivity index is 2.24. The maximum atomic E-state index is 5.32. The van der Waals surface area contributed by atoms with Crippen molar-refractivity contribution in [3.63, 3.8) is 0 Å². The number of hydrogen-bond donors (Lipinski definition) is 0. The Morgan fingerprint density at radius 3 is 2.64 bits per heavy atom. The minimum atomic E-state index is 0.815. The summed E-state index contributed by atoms with van der Waals surface area (Å²) >= 11 is 0. The average molecular weight is 192 g/mol. The molecule has 1 aromatic rings. The summed E-state index contributed by atoms with van der Waals surface area (Å²) in [5.41, 5.74) is 2.33. The highest BCUT2D eigenvalue weighted by Crippen LogP contribution is 2.18. The topological polar surface area (TPSA) is 25.4 Å². The van der Waals surface area contributed by atoms with Crippen molar-refractivity contribution in [2.75, 3.05) is 31.2 Å². The van der Waals surface area contributed by atoms with E-state index in [4.69, 9.17) is 4.74 Å². The summed E-state index contributed by atoms with van der Waals surface area (Å²) in [5.74, 6) is 1.12. The number of rotatable bonds is 1. The zero-order valence-electron chi connectivity index (χ0n) is 8.79. The monoisotopic (exact) mass is 192 g/mol. The van der Waals surface area contributed by atoms with Crippen molar-refractivity contribution >= 4 is 5.82 Å². The second-order valence-electron chi connectivity index (χ2n) is 3.69. The van der Waals surface area contributed by atoms with E-state index < -0.39 is 0 Å². The molecule has 1 fully saturated rings. The van der Waals surface area contributed by atoms with Crippen molar-refractivity contribution in [2.24, 2.45) is 0 Å². The minimum absolute atomic E-state index is 0.815. The number of anilines is 1. The molecule has 0 spiro atoms. The van der Waals surface area contributed by atoms with E-state index in [1.165, 1.54) is 5.56 Å². The van der Waals surface area contributed by atoms with E-state index >= 15 is 0 Å². The van der Waals surface area contributed by atoms with Gasteiger partial charge in [0.05, 0.1) is 13.2 Å². The largest absolute Gasteiger partial charge is 0.378 e. The van der Waals surface area contributed by atoms with Crippen LogP contribution in [0.3, 0.4) is 0 Å². The first-order valence-electron chi connectivity index (χ1n) is 5.04. The van der Waals surface area contributed by atoms with Gasteiger partial charge < -0.3 is 9.64 Å². The van der Waals surface area contributed by atoms with E-state index in [0.29, 0.717) is 0 Å². The van der Waals surface area contributed by atoms with E-state index in [9.17, 15) is 0 Å². The van der Waals surface area contributed by atoms with E-state index in [-0.39, 0.29) is 0 Å². The van der Waals surface area contributed by atoms with Crippen LogP contribution in [0, 0.1) is 13.8 Å². The molecule has 0 amide bonds. The maximum absolute atomic E-state index is 5.32. The molecule has 0 bridgehead atoms. The van der Waals surface area contributed by atoms with Crippen molar-refractivity contribution < 1.29 is 4.74 Å². The molecule has 3 heteroatoms. The Morgan fingerprint density at radius 2 is 1.93 bits per heavy atom. The van der Waals surface area contributed by atoms with Gasteiger partial charge in [-0.3, -0.25) is 0 Å². The predicted molar refractivity (Wildman–Crippen MR) is 56.7 cm³/mol. The fourth-order valence-corrected chi connectivity index (χ4v) is 1.71. The molecule has 14 heavy (non-hydrogen) atoms. The Bertz CT molecular complexity index is 319. The van der Waals surface area contributed by atoms with Crippen molar-refractivity contribution in [3.8, 4) is 0 Å². The molecule has 3 nitrogen and oxygen atoms in total. The summed E-state index contributed by atoms with van der Waals surface area (Å²) in [4.78, 5) is 6.86. The van der Waals surface area contributed by atoms with Crippen molar-refractivity contribution in [2.45, 2.75) is 13.8 Å². The molecule has 1 aliphatic rings. The zero-order valence-corrected chi connectivity index (χ0v) is 8.79. The fraction of sp³-hybridized carbons (Fsp3) is 0.545. The van der Waals surface area contributed by atoms with Gasteiger partial charge in [0, 0.05) is 18.8 Å². The smallest absolute Gasteiger partial charge is 0.131 e. The molecule has 0 radical (unpaired) electrons. The van der Waals surface area contributed by atoms with E-state index in [2.05, 4.69) is 28.9 Å². The van der Waals surface area contributed by atoms with Gasteiger partial charge in [-0.1, -0.05) is 6.07 Å². The summed E-state index contributed by atoms with van der Waals surface area (Å²) in [6, 6.07) is 4.19. The van der Waals surface area contributed by atoms with E-state index in [1.54, 1.807) is 0 Å². The van der Waals surface area contributed by atoms with E-state index in [0.717, 1.165) is 37.8 Å². The number of nitrogens with zero attached hydrogens (tertiary/aromatic N) is 2. The number of ether oxygens (including phenoxy) is 1. The summed E-state index contributed by atoms with van der Waals surface area (Å²) < 4.78 is 5.32. The molecule has 1 aromatic heterocycles. The molecule has 0 saturated carbocycles. The minimum Gasteiger partial charge on any atom is -0.378 e. The van der Waals surface area contributed by atoms with Crippen molar-refractivity contribution in [1.29, 1.82) is 0 Å². The predicted octanol–water partition coefficient (Wildman–Crippen LogP) is 1.54. The highest BCUT2D eigenvalue weighted by atomic mass is 16.5. The molecule has 0 aromatic carbocycles. The van der Waals surface area contributed by atoms with Crippen molar-refractivity contribution in [1.82, 2.24) is 4.98 Å². The molecule has 0 unspecified atom stereocenters. The molecule has 1 saturated heterocycles. The first-order chi connectivity index (χ1) is 6.77. The lowest BCUT2D eigenvalue weighted by atomic mass is 10.2. The van der Waals surface area contributed by atoms with Gasteiger partial charge >= 0.3 is 0 Å². The van der Waals surface area contributed by atoms with Crippen LogP contribution in [-0.2, 0) is 4.74 Å². The zero-order chi connectivity index (χ0) is 9.97. The number of aromatic nitrogens is 1. The van der Waals surface area contributed by atoms with Crippen LogP contribution >= 0.6 is 0 Å². The molecule has 2 rings (SSSR count). The summed E-state index contributed by atoms with van der Waals surface area (Å²) in [7, 11) is 0. The van der Waals surface area contributed by atoms with Crippen LogP contribution in [0.1, 0.15) is 11.3 Å². The van der Waals surface area contributed by atoms with Crippen LogP contribution in [0.5, 0.6) is 0 Å². The van der Waals surface area contributed by atoms with Gasteiger partial charge in [-0.05, 0) is 25.5 Å². The fourth-order valence-electron chi connectivity index (χ4n) is 1.71. The maximum Gasteiger partial charge on any atom is 0.131 e. The third kappa shape index (κ3) is 1.87. The number of aryl methyl sites for hydroxylation is 2. The molecule has 76 valence electrons. The number of morpholine rings is 1.